The molecule has 0 aromatic rings. The summed E-state index contributed by atoms with van der Waals surface area (Å²) in [5, 5.41) is 2.84. The molecule has 0 spiro atoms. The van der Waals surface area contributed by atoms with Gasteiger partial charge in [0, 0.05) is 14.2 Å². The van der Waals surface area contributed by atoms with E-state index in [1.807, 2.05) is 6.92 Å². The molecule has 0 radical (unpaired) electrons. The summed E-state index contributed by atoms with van der Waals surface area (Å²) >= 11 is 0. The van der Waals surface area contributed by atoms with Crippen molar-refractivity contribution >= 4 is 9.28 Å². The number of hydrogen-bond acceptors (Lipinski definition) is 4. The first-order valence-electron chi connectivity index (χ1n) is 4.74. The van der Waals surface area contributed by atoms with Gasteiger partial charge in [0.15, 0.2) is 0 Å². The maximum Gasteiger partial charge on any atom is 0.356 e. The molecule has 0 rings (SSSR count). The van der Waals surface area contributed by atoms with Crippen LogP contribution in [0.5, 0.6) is 0 Å². The Morgan fingerprint density at radius 2 is 1.85 bits per heavy atom. The van der Waals surface area contributed by atoms with Crippen LogP contribution in [0.15, 0.2) is 0 Å². The first-order valence-corrected chi connectivity index (χ1v) is 6.26. The summed E-state index contributed by atoms with van der Waals surface area (Å²) < 4.78 is 10.6. The van der Waals surface area contributed by atoms with Crippen LogP contribution in [0.2, 0.25) is 0 Å². The van der Waals surface area contributed by atoms with E-state index in [1.165, 1.54) is 0 Å². The summed E-state index contributed by atoms with van der Waals surface area (Å²) in [6, 6.07) is 0. The molecule has 0 aliphatic heterocycles. The molecule has 0 fully saturated rings. The smallest absolute Gasteiger partial charge is 0.356 e. The molecule has 5 heteroatoms. The first kappa shape index (κ1) is 13.1. The third-order valence-electron chi connectivity index (χ3n) is 2.14. The summed E-state index contributed by atoms with van der Waals surface area (Å²) in [5.74, 6) is 0. The first-order chi connectivity index (χ1) is 6.14. The molecule has 3 N–H and O–H groups in total. The van der Waals surface area contributed by atoms with Crippen molar-refractivity contribution in [3.63, 3.8) is 0 Å². The van der Waals surface area contributed by atoms with Crippen LogP contribution in [0.3, 0.4) is 0 Å². The van der Waals surface area contributed by atoms with E-state index in [0.717, 1.165) is 19.4 Å². The molecule has 0 bridgehead atoms. The Morgan fingerprint density at radius 1 is 1.31 bits per heavy atom. The summed E-state index contributed by atoms with van der Waals surface area (Å²) in [5.41, 5.74) is 6.15. The van der Waals surface area contributed by atoms with Gasteiger partial charge in [-0.15, -0.1) is 0 Å². The molecule has 0 saturated heterocycles. The van der Waals surface area contributed by atoms with Crippen molar-refractivity contribution in [2.45, 2.75) is 32.0 Å². The average Bonchev–Trinajstić information content (AvgIpc) is 2.16. The van der Waals surface area contributed by atoms with E-state index in [1.54, 1.807) is 14.2 Å². The van der Waals surface area contributed by atoms with Crippen molar-refractivity contribution in [3.8, 4) is 0 Å². The Balaban J connectivity index is 4.21. The summed E-state index contributed by atoms with van der Waals surface area (Å²) in [4.78, 5) is 0. The van der Waals surface area contributed by atoms with Crippen molar-refractivity contribution in [1.29, 1.82) is 0 Å². The molecule has 0 heterocycles. The van der Waals surface area contributed by atoms with Gasteiger partial charge in [-0.1, -0.05) is 13.8 Å². The van der Waals surface area contributed by atoms with Crippen molar-refractivity contribution in [3.05, 3.63) is 0 Å². The molecule has 4 nitrogen and oxygen atoms in total. The Labute approximate surface area is 82.6 Å². The second-order valence-electron chi connectivity index (χ2n) is 3.12. The molecule has 1 unspecified atom stereocenters. The number of hydrogen-bond donors (Lipinski definition) is 2. The van der Waals surface area contributed by atoms with E-state index < -0.39 is 14.6 Å². The highest BCUT2D eigenvalue weighted by atomic mass is 28.3. The maximum atomic E-state index is 6.15. The minimum Gasteiger partial charge on any atom is -0.398 e. The van der Waals surface area contributed by atoms with Crippen LogP contribution in [-0.4, -0.2) is 35.3 Å². The van der Waals surface area contributed by atoms with Crippen molar-refractivity contribution in [1.82, 2.24) is 5.32 Å². The third-order valence-corrected chi connectivity index (χ3v) is 4.45. The van der Waals surface area contributed by atoms with E-state index >= 15 is 0 Å². The topological polar surface area (TPSA) is 56.5 Å². The highest BCUT2D eigenvalue weighted by Gasteiger charge is 2.36. The van der Waals surface area contributed by atoms with Gasteiger partial charge in [-0.05, 0) is 19.4 Å². The lowest BCUT2D eigenvalue weighted by Crippen LogP contribution is -2.65. The molecule has 0 aromatic heterocycles. The van der Waals surface area contributed by atoms with E-state index in [2.05, 4.69) is 12.2 Å². The monoisotopic (exact) mass is 206 g/mol. The number of nitrogens with two attached hydrogens (primary N) is 1. The van der Waals surface area contributed by atoms with E-state index in [4.69, 9.17) is 14.6 Å². The van der Waals surface area contributed by atoms with Crippen molar-refractivity contribution < 1.29 is 8.85 Å². The number of nitrogens with one attached hydrogen (secondary N) is 1. The molecule has 13 heavy (non-hydrogen) atoms. The Bertz CT molecular complexity index is 133. The fourth-order valence-electron chi connectivity index (χ4n) is 1.25. The normalized spacial score (nSPS) is 16.2. The van der Waals surface area contributed by atoms with Crippen LogP contribution < -0.4 is 11.1 Å². The highest BCUT2D eigenvalue weighted by molar-refractivity contribution is 6.48. The van der Waals surface area contributed by atoms with E-state index in [0.29, 0.717) is 0 Å². The largest absolute Gasteiger partial charge is 0.398 e. The molecule has 0 saturated carbocycles. The van der Waals surface area contributed by atoms with Crippen LogP contribution >= 0.6 is 0 Å². The second kappa shape index (κ2) is 6.50. The molecule has 0 aliphatic carbocycles. The summed E-state index contributed by atoms with van der Waals surface area (Å²) in [6.07, 6.45) is 1.89. The fourth-order valence-corrected chi connectivity index (χ4v) is 2.93. The molecular weight excluding hydrogens is 184 g/mol. The predicted molar refractivity (Wildman–Crippen MR) is 56.7 cm³/mol. The van der Waals surface area contributed by atoms with Crippen LogP contribution in [-0.2, 0) is 8.85 Å². The van der Waals surface area contributed by atoms with Gasteiger partial charge in [0.1, 0.15) is 5.29 Å². The van der Waals surface area contributed by atoms with Crippen molar-refractivity contribution in [2.75, 3.05) is 20.8 Å². The molecular formula is C8H22N2O2Si. The lowest BCUT2D eigenvalue weighted by atomic mass is 10.3. The SMILES string of the molecule is CCCNC(N)(CC)[SiH](OC)OC. The summed E-state index contributed by atoms with van der Waals surface area (Å²) in [6.45, 7) is 5.06. The standard InChI is InChI=1S/C8H22N2O2Si/c1-5-7-10-8(9,6-2)13(11-3)12-4/h10,13H,5-7,9H2,1-4H3. The third kappa shape index (κ3) is 3.74. The second-order valence-corrected chi connectivity index (χ2v) is 5.76. The molecule has 1 atom stereocenters. The van der Waals surface area contributed by atoms with Crippen LogP contribution in [0.25, 0.3) is 0 Å². The minimum atomic E-state index is -1.79. The van der Waals surface area contributed by atoms with Gasteiger partial charge < -0.3 is 14.6 Å². The minimum absolute atomic E-state index is 0.445. The Morgan fingerprint density at radius 3 is 2.15 bits per heavy atom. The zero-order valence-electron chi connectivity index (χ0n) is 9.09. The quantitative estimate of drug-likeness (QED) is 0.458. The van der Waals surface area contributed by atoms with Crippen molar-refractivity contribution in [2.24, 2.45) is 5.73 Å². The van der Waals surface area contributed by atoms with E-state index in [9.17, 15) is 0 Å². The average molecular weight is 206 g/mol. The number of rotatable bonds is 7. The van der Waals surface area contributed by atoms with Gasteiger partial charge in [-0.25, -0.2) is 0 Å². The molecule has 0 aliphatic rings. The van der Waals surface area contributed by atoms with Gasteiger partial charge in [-0.2, -0.15) is 0 Å². The lowest BCUT2D eigenvalue weighted by Gasteiger charge is -2.33. The van der Waals surface area contributed by atoms with Gasteiger partial charge in [-0.3, -0.25) is 5.32 Å². The van der Waals surface area contributed by atoms with Gasteiger partial charge in [0.2, 0.25) is 0 Å². The maximum absolute atomic E-state index is 6.15. The van der Waals surface area contributed by atoms with Crippen LogP contribution in [0.1, 0.15) is 26.7 Å². The van der Waals surface area contributed by atoms with Crippen LogP contribution in [0.4, 0.5) is 0 Å². The zero-order valence-corrected chi connectivity index (χ0v) is 10.2. The fraction of sp³-hybridized carbons (Fsp3) is 1.00. The Kier molecular flexibility index (Phi) is 6.53. The van der Waals surface area contributed by atoms with Crippen LogP contribution in [0, 0.1) is 0 Å². The van der Waals surface area contributed by atoms with Gasteiger partial charge in [0.25, 0.3) is 0 Å². The summed E-state index contributed by atoms with van der Waals surface area (Å²) in [7, 11) is 1.53. The van der Waals surface area contributed by atoms with Gasteiger partial charge in [0.05, 0.1) is 0 Å². The molecule has 0 aromatic carbocycles. The molecule has 80 valence electrons. The Hall–Kier alpha value is 0.0569. The van der Waals surface area contributed by atoms with E-state index in [-0.39, 0.29) is 0 Å². The lowest BCUT2D eigenvalue weighted by molar-refractivity contribution is 0.222. The molecule has 0 amide bonds. The highest BCUT2D eigenvalue weighted by Crippen LogP contribution is 2.08. The predicted octanol–water partition coefficient (Wildman–Crippen LogP) is 0.104. The van der Waals surface area contributed by atoms with Gasteiger partial charge >= 0.3 is 9.28 Å². The zero-order chi connectivity index (χ0) is 10.3.